The molecule has 0 aromatic carbocycles. The average molecular weight is 187 g/mol. The molecule has 0 fully saturated rings. The van der Waals surface area contributed by atoms with Crippen LogP contribution in [-0.4, -0.2) is 12.1 Å². The van der Waals surface area contributed by atoms with Crippen molar-refractivity contribution < 1.29 is 4.74 Å². The van der Waals surface area contributed by atoms with E-state index in [1.54, 1.807) is 7.11 Å². The maximum absolute atomic E-state index is 5.01. The van der Waals surface area contributed by atoms with Crippen molar-refractivity contribution in [3.05, 3.63) is 48.2 Å². The highest BCUT2D eigenvalue weighted by Crippen LogP contribution is 2.24. The molecule has 1 aromatic rings. The summed E-state index contributed by atoms with van der Waals surface area (Å²) in [5.41, 5.74) is 1.24. The van der Waals surface area contributed by atoms with Gasteiger partial charge in [-0.15, -0.1) is 0 Å². The quantitative estimate of drug-likeness (QED) is 0.710. The highest BCUT2D eigenvalue weighted by atomic mass is 16.5. The van der Waals surface area contributed by atoms with Crippen LogP contribution in [0.15, 0.2) is 42.6 Å². The molecule has 14 heavy (non-hydrogen) atoms. The summed E-state index contributed by atoms with van der Waals surface area (Å²) < 4.78 is 5.01. The Morgan fingerprint density at radius 2 is 2.29 bits per heavy atom. The van der Waals surface area contributed by atoms with E-state index in [2.05, 4.69) is 35.4 Å². The number of pyridine rings is 1. The van der Waals surface area contributed by atoms with E-state index < -0.39 is 0 Å². The summed E-state index contributed by atoms with van der Waals surface area (Å²) in [6.07, 6.45) is 11.5. The molecule has 0 radical (unpaired) electrons. The van der Waals surface area contributed by atoms with Crippen molar-refractivity contribution in [3.63, 3.8) is 0 Å². The number of rotatable bonds is 2. The van der Waals surface area contributed by atoms with Crippen LogP contribution in [0.2, 0.25) is 0 Å². The minimum Gasteiger partial charge on any atom is -0.481 e. The van der Waals surface area contributed by atoms with E-state index in [9.17, 15) is 0 Å². The van der Waals surface area contributed by atoms with Gasteiger partial charge in [-0.05, 0) is 12.0 Å². The van der Waals surface area contributed by atoms with Gasteiger partial charge >= 0.3 is 0 Å². The van der Waals surface area contributed by atoms with Crippen LogP contribution in [0.4, 0.5) is 0 Å². The zero-order valence-electron chi connectivity index (χ0n) is 8.18. The van der Waals surface area contributed by atoms with E-state index >= 15 is 0 Å². The number of aromatic nitrogens is 1. The van der Waals surface area contributed by atoms with Crippen LogP contribution in [-0.2, 0) is 0 Å². The molecule has 1 atom stereocenters. The summed E-state index contributed by atoms with van der Waals surface area (Å²) >= 11 is 0. The van der Waals surface area contributed by atoms with Crippen LogP contribution < -0.4 is 4.74 Å². The Morgan fingerprint density at radius 1 is 1.36 bits per heavy atom. The first-order valence-electron chi connectivity index (χ1n) is 4.73. The molecule has 1 aliphatic rings. The van der Waals surface area contributed by atoms with Crippen LogP contribution in [0.1, 0.15) is 17.9 Å². The Kier molecular flexibility index (Phi) is 2.63. The standard InChI is InChI=1S/C12H13NO/c1-14-12-8-7-11(9-13-12)10-5-3-2-4-6-10/h2-5,7-10H,6H2,1H3. The Labute approximate surface area is 83.9 Å². The summed E-state index contributed by atoms with van der Waals surface area (Å²) in [6, 6.07) is 3.97. The third-order valence-corrected chi connectivity index (χ3v) is 2.38. The first-order chi connectivity index (χ1) is 6.90. The molecule has 72 valence electrons. The molecule has 2 rings (SSSR count). The first-order valence-corrected chi connectivity index (χ1v) is 4.73. The number of methoxy groups -OCH3 is 1. The predicted molar refractivity (Wildman–Crippen MR) is 56.4 cm³/mol. The van der Waals surface area contributed by atoms with E-state index in [0.717, 1.165) is 6.42 Å². The Balaban J connectivity index is 2.16. The molecule has 0 saturated carbocycles. The maximum Gasteiger partial charge on any atom is 0.212 e. The van der Waals surface area contributed by atoms with Crippen LogP contribution in [0, 0.1) is 0 Å². The second kappa shape index (κ2) is 4.09. The van der Waals surface area contributed by atoms with E-state index in [4.69, 9.17) is 4.74 Å². The number of hydrogen-bond donors (Lipinski definition) is 0. The third-order valence-electron chi connectivity index (χ3n) is 2.38. The van der Waals surface area contributed by atoms with Crippen molar-refractivity contribution in [2.75, 3.05) is 7.11 Å². The molecule has 0 aliphatic heterocycles. The Hall–Kier alpha value is -1.57. The van der Waals surface area contributed by atoms with Crippen molar-refractivity contribution in [2.24, 2.45) is 0 Å². The lowest BCUT2D eigenvalue weighted by Gasteiger charge is -2.12. The summed E-state index contributed by atoms with van der Waals surface area (Å²) in [5, 5.41) is 0. The van der Waals surface area contributed by atoms with Gasteiger partial charge in [0.25, 0.3) is 0 Å². The van der Waals surface area contributed by atoms with Crippen LogP contribution >= 0.6 is 0 Å². The second-order valence-corrected chi connectivity index (χ2v) is 3.29. The molecule has 0 saturated heterocycles. The van der Waals surface area contributed by atoms with E-state index in [-0.39, 0.29) is 0 Å². The van der Waals surface area contributed by atoms with Gasteiger partial charge in [-0.25, -0.2) is 4.98 Å². The van der Waals surface area contributed by atoms with Crippen LogP contribution in [0.3, 0.4) is 0 Å². The van der Waals surface area contributed by atoms with Crippen LogP contribution in [0.5, 0.6) is 5.88 Å². The number of allylic oxidation sites excluding steroid dienone is 4. The van der Waals surface area contributed by atoms with Gasteiger partial charge in [0.15, 0.2) is 0 Å². The van der Waals surface area contributed by atoms with E-state index in [1.165, 1.54) is 5.56 Å². The summed E-state index contributed by atoms with van der Waals surface area (Å²) in [5.74, 6) is 1.14. The van der Waals surface area contributed by atoms with Crippen molar-refractivity contribution in [1.82, 2.24) is 4.98 Å². The van der Waals surface area contributed by atoms with Gasteiger partial charge in [0.05, 0.1) is 7.11 Å². The molecule has 1 aliphatic carbocycles. The fourth-order valence-electron chi connectivity index (χ4n) is 1.56. The highest BCUT2D eigenvalue weighted by Gasteiger charge is 2.08. The molecule has 2 heteroatoms. The summed E-state index contributed by atoms with van der Waals surface area (Å²) in [4.78, 5) is 4.19. The monoisotopic (exact) mass is 187 g/mol. The molecule has 1 unspecified atom stereocenters. The topological polar surface area (TPSA) is 22.1 Å². The zero-order valence-corrected chi connectivity index (χ0v) is 8.18. The first kappa shape index (κ1) is 9.00. The number of nitrogens with zero attached hydrogens (tertiary/aromatic N) is 1. The summed E-state index contributed by atoms with van der Waals surface area (Å²) in [6.45, 7) is 0. The van der Waals surface area contributed by atoms with Crippen molar-refractivity contribution in [3.8, 4) is 5.88 Å². The fourth-order valence-corrected chi connectivity index (χ4v) is 1.56. The Morgan fingerprint density at radius 3 is 2.86 bits per heavy atom. The van der Waals surface area contributed by atoms with E-state index in [0.29, 0.717) is 11.8 Å². The molecule has 0 N–H and O–H groups in total. The SMILES string of the molecule is COc1ccc(C2C=CC=CC2)cn1. The molecule has 1 aromatic heterocycles. The lowest BCUT2D eigenvalue weighted by Crippen LogP contribution is -1.97. The predicted octanol–water partition coefficient (Wildman–Crippen LogP) is 2.69. The van der Waals surface area contributed by atoms with Crippen molar-refractivity contribution >= 4 is 0 Å². The summed E-state index contributed by atoms with van der Waals surface area (Å²) in [7, 11) is 1.63. The Bertz CT molecular complexity index is 351. The molecule has 0 spiro atoms. The van der Waals surface area contributed by atoms with Gasteiger partial charge in [-0.1, -0.05) is 30.4 Å². The third kappa shape index (κ3) is 1.84. The van der Waals surface area contributed by atoms with Gasteiger partial charge in [0, 0.05) is 18.2 Å². The molecule has 0 amide bonds. The normalized spacial score (nSPS) is 19.6. The van der Waals surface area contributed by atoms with Crippen LogP contribution in [0.25, 0.3) is 0 Å². The average Bonchev–Trinajstić information content (AvgIpc) is 2.30. The van der Waals surface area contributed by atoms with Gasteiger partial charge in [-0.3, -0.25) is 0 Å². The number of hydrogen-bond acceptors (Lipinski definition) is 2. The highest BCUT2D eigenvalue weighted by molar-refractivity contribution is 5.28. The molecule has 1 heterocycles. The van der Waals surface area contributed by atoms with Gasteiger partial charge in [0.2, 0.25) is 5.88 Å². The number of ether oxygens (including phenoxy) is 1. The van der Waals surface area contributed by atoms with E-state index in [1.807, 2.05) is 12.3 Å². The molecule has 2 nitrogen and oxygen atoms in total. The lowest BCUT2D eigenvalue weighted by molar-refractivity contribution is 0.397. The molecule has 0 bridgehead atoms. The minimum atomic E-state index is 0.471. The van der Waals surface area contributed by atoms with Gasteiger partial charge in [-0.2, -0.15) is 0 Å². The molecular formula is C12H13NO. The second-order valence-electron chi connectivity index (χ2n) is 3.29. The minimum absolute atomic E-state index is 0.471. The fraction of sp³-hybridized carbons (Fsp3) is 0.250. The van der Waals surface area contributed by atoms with Gasteiger partial charge < -0.3 is 4.74 Å². The lowest BCUT2D eigenvalue weighted by atomic mass is 9.94. The smallest absolute Gasteiger partial charge is 0.212 e. The van der Waals surface area contributed by atoms with Crippen molar-refractivity contribution in [1.29, 1.82) is 0 Å². The van der Waals surface area contributed by atoms with Gasteiger partial charge in [0.1, 0.15) is 0 Å². The van der Waals surface area contributed by atoms with Crippen molar-refractivity contribution in [2.45, 2.75) is 12.3 Å². The molecular weight excluding hydrogens is 174 g/mol. The zero-order chi connectivity index (χ0) is 9.80. The largest absolute Gasteiger partial charge is 0.481 e. The maximum atomic E-state index is 5.01.